The Bertz CT molecular complexity index is 999. The van der Waals surface area contributed by atoms with Crippen LogP contribution in [0.15, 0.2) is 30.3 Å². The number of rotatable bonds is 7. The molecule has 0 bridgehead atoms. The second-order valence-electron chi connectivity index (χ2n) is 10.0. The number of fused-ring (bicyclic) bond motifs is 1. The fraction of sp³-hybridized carbons (Fsp3) is 0.593. The van der Waals surface area contributed by atoms with Crippen molar-refractivity contribution in [2.24, 2.45) is 11.8 Å². The number of carboxylic acid groups (broad SMARTS) is 1. The highest BCUT2D eigenvalue weighted by Gasteiger charge is 2.37. The average Bonchev–Trinajstić information content (AvgIpc) is 2.78. The molecule has 1 aliphatic carbocycles. The number of halogens is 3. The average molecular weight is 478 g/mol. The van der Waals surface area contributed by atoms with Crippen LogP contribution in [0.1, 0.15) is 69.4 Å². The van der Waals surface area contributed by atoms with E-state index in [-0.39, 0.29) is 29.6 Å². The third-order valence-corrected chi connectivity index (χ3v) is 7.47. The third-order valence-electron chi connectivity index (χ3n) is 7.47. The van der Waals surface area contributed by atoms with Crippen LogP contribution >= 0.6 is 0 Å². The summed E-state index contributed by atoms with van der Waals surface area (Å²) in [6.45, 7) is 4.14. The molecule has 7 heteroatoms. The third kappa shape index (κ3) is 6.04. The highest BCUT2D eigenvalue weighted by Crippen LogP contribution is 2.43. The van der Waals surface area contributed by atoms with Crippen molar-refractivity contribution in [1.29, 1.82) is 0 Å². The van der Waals surface area contributed by atoms with Gasteiger partial charge in [-0.1, -0.05) is 31.5 Å². The first-order valence-electron chi connectivity index (χ1n) is 12.5. The van der Waals surface area contributed by atoms with E-state index < -0.39 is 17.7 Å². The molecule has 1 atom stereocenters. The highest BCUT2D eigenvalue weighted by molar-refractivity contribution is 5.89. The number of carbonyl (C=O) groups is 1. The van der Waals surface area contributed by atoms with Gasteiger partial charge in [0.1, 0.15) is 11.3 Å². The molecule has 0 spiro atoms. The molecule has 1 saturated heterocycles. The summed E-state index contributed by atoms with van der Waals surface area (Å²) in [6.07, 6.45) is 1.89. The van der Waals surface area contributed by atoms with Gasteiger partial charge in [0.25, 0.3) is 0 Å². The van der Waals surface area contributed by atoms with Crippen molar-refractivity contribution in [3.05, 3.63) is 41.5 Å². The smallest absolute Gasteiger partial charge is 0.420 e. The molecular weight excluding hydrogens is 443 g/mol. The van der Waals surface area contributed by atoms with E-state index in [4.69, 9.17) is 9.84 Å². The van der Waals surface area contributed by atoms with Crippen LogP contribution in [0.25, 0.3) is 10.8 Å². The molecule has 2 fully saturated rings. The second-order valence-corrected chi connectivity index (χ2v) is 10.0. The van der Waals surface area contributed by atoms with E-state index >= 15 is 0 Å². The van der Waals surface area contributed by atoms with Gasteiger partial charge in [-0.2, -0.15) is 13.2 Å². The monoisotopic (exact) mass is 477 g/mol. The molecule has 0 aromatic heterocycles. The normalized spacial score (nSPS) is 24.3. The summed E-state index contributed by atoms with van der Waals surface area (Å²) in [5.41, 5.74) is 0.112. The molecule has 1 heterocycles. The molecular formula is C27H34F3NO3. The summed E-state index contributed by atoms with van der Waals surface area (Å²) in [4.78, 5) is 13.2. The number of hydrogen-bond acceptors (Lipinski definition) is 3. The molecule has 0 unspecified atom stereocenters. The zero-order chi connectivity index (χ0) is 24.3. The molecule has 34 heavy (non-hydrogen) atoms. The molecule has 4 nitrogen and oxygen atoms in total. The summed E-state index contributed by atoms with van der Waals surface area (Å²) in [5.74, 6) is -0.147. The maximum Gasteiger partial charge on any atom is 0.420 e. The lowest BCUT2D eigenvalue weighted by Crippen LogP contribution is -2.35. The van der Waals surface area contributed by atoms with Gasteiger partial charge in [-0.05, 0) is 85.4 Å². The summed E-state index contributed by atoms with van der Waals surface area (Å²) in [6, 6.07) is 8.44. The molecule has 1 aliphatic heterocycles. The first-order valence-corrected chi connectivity index (χ1v) is 12.5. The number of benzene rings is 2. The zero-order valence-electron chi connectivity index (χ0n) is 19.7. The molecule has 0 amide bonds. The van der Waals surface area contributed by atoms with E-state index in [1.165, 1.54) is 6.07 Å². The summed E-state index contributed by atoms with van der Waals surface area (Å²) >= 11 is 0. The Kier molecular flexibility index (Phi) is 7.70. The van der Waals surface area contributed by atoms with Gasteiger partial charge in [-0.25, -0.2) is 0 Å². The van der Waals surface area contributed by atoms with Gasteiger partial charge >= 0.3 is 12.1 Å². The lowest BCUT2D eigenvalue weighted by Gasteiger charge is -2.32. The summed E-state index contributed by atoms with van der Waals surface area (Å²) in [5, 5.41) is 9.81. The van der Waals surface area contributed by atoms with E-state index in [9.17, 15) is 18.0 Å². The van der Waals surface area contributed by atoms with E-state index in [1.807, 2.05) is 6.07 Å². The van der Waals surface area contributed by atoms with Crippen molar-refractivity contribution >= 4 is 16.7 Å². The van der Waals surface area contributed by atoms with Gasteiger partial charge in [0.05, 0.1) is 6.10 Å². The minimum atomic E-state index is -4.52. The van der Waals surface area contributed by atoms with E-state index in [2.05, 4.69) is 11.8 Å². The Morgan fingerprint density at radius 3 is 2.50 bits per heavy atom. The number of alkyl halides is 3. The van der Waals surface area contributed by atoms with Crippen LogP contribution in [0.3, 0.4) is 0 Å². The molecule has 2 aliphatic rings. The Morgan fingerprint density at radius 1 is 1.09 bits per heavy atom. The summed E-state index contributed by atoms with van der Waals surface area (Å²) in [7, 11) is 0. The van der Waals surface area contributed by atoms with E-state index in [1.54, 1.807) is 18.2 Å². The molecule has 186 valence electrons. The largest absolute Gasteiger partial charge is 0.490 e. The fourth-order valence-corrected chi connectivity index (χ4v) is 5.64. The highest BCUT2D eigenvalue weighted by atomic mass is 19.4. The van der Waals surface area contributed by atoms with Gasteiger partial charge in [0, 0.05) is 19.5 Å². The standard InChI is InChI=1S/C27H34F3NO3/c1-2-18-6-10-22(11-7-18)34-24-12-9-21-8-5-20(14-23(21)26(24)27(28,29)30)17-31-13-3-4-19(16-31)15-25(32)33/h5,8-9,12,14,18-19,22H,2-4,6-7,10-11,13,15-17H2,1H3,(H,32,33)/t18?,19-,22?/m1/s1. The van der Waals surface area contributed by atoms with Crippen molar-refractivity contribution in [2.75, 3.05) is 13.1 Å². The topological polar surface area (TPSA) is 49.8 Å². The lowest BCUT2D eigenvalue weighted by atomic mass is 9.86. The first-order chi connectivity index (χ1) is 16.2. The van der Waals surface area contributed by atoms with Gasteiger partial charge in [-0.3, -0.25) is 9.69 Å². The molecule has 4 rings (SSSR count). The number of hydrogen-bond donors (Lipinski definition) is 1. The molecule has 1 saturated carbocycles. The first kappa shape index (κ1) is 24.8. The van der Waals surface area contributed by atoms with E-state index in [0.717, 1.165) is 57.1 Å². The van der Waals surface area contributed by atoms with Crippen LogP contribution in [0, 0.1) is 11.8 Å². The van der Waals surface area contributed by atoms with Gasteiger partial charge in [-0.15, -0.1) is 0 Å². The number of nitrogens with zero attached hydrogens (tertiary/aromatic N) is 1. The fourth-order valence-electron chi connectivity index (χ4n) is 5.64. The van der Waals surface area contributed by atoms with E-state index in [0.29, 0.717) is 24.4 Å². The molecule has 2 aromatic carbocycles. The van der Waals surface area contributed by atoms with Crippen LogP contribution in [0.5, 0.6) is 5.75 Å². The van der Waals surface area contributed by atoms with Gasteiger partial charge in [0.2, 0.25) is 0 Å². The van der Waals surface area contributed by atoms with Crippen LogP contribution in [0.2, 0.25) is 0 Å². The molecule has 0 radical (unpaired) electrons. The SMILES string of the molecule is CCC1CCC(Oc2ccc3ccc(CN4CCC[C@H](CC(=O)O)C4)cc3c2C(F)(F)F)CC1. The van der Waals surface area contributed by atoms with Crippen LogP contribution < -0.4 is 4.74 Å². The lowest BCUT2D eigenvalue weighted by molar-refractivity contribution is -0.139. The Morgan fingerprint density at radius 2 is 1.82 bits per heavy atom. The molecule has 1 N–H and O–H groups in total. The van der Waals surface area contributed by atoms with Crippen molar-refractivity contribution < 1.29 is 27.8 Å². The van der Waals surface area contributed by atoms with Crippen LogP contribution in [0.4, 0.5) is 13.2 Å². The van der Waals surface area contributed by atoms with Crippen molar-refractivity contribution in [3.63, 3.8) is 0 Å². The number of likely N-dealkylation sites (tertiary alicyclic amines) is 1. The quantitative estimate of drug-likeness (QED) is 0.472. The van der Waals surface area contributed by atoms with Crippen LogP contribution in [-0.2, 0) is 17.5 Å². The number of carboxylic acids is 1. The van der Waals surface area contributed by atoms with Crippen molar-refractivity contribution in [2.45, 2.75) is 77.1 Å². The Labute approximate surface area is 199 Å². The number of aliphatic carboxylic acids is 1. The predicted octanol–water partition coefficient (Wildman–Crippen LogP) is 6.89. The maximum atomic E-state index is 14.3. The number of ether oxygens (including phenoxy) is 1. The Hall–Kier alpha value is -2.28. The van der Waals surface area contributed by atoms with Crippen molar-refractivity contribution in [1.82, 2.24) is 4.90 Å². The Balaban J connectivity index is 1.57. The summed E-state index contributed by atoms with van der Waals surface area (Å²) < 4.78 is 48.8. The number of piperidine rings is 1. The predicted molar refractivity (Wildman–Crippen MR) is 126 cm³/mol. The van der Waals surface area contributed by atoms with Crippen LogP contribution in [-0.4, -0.2) is 35.2 Å². The minimum absolute atomic E-state index is 0.0726. The van der Waals surface area contributed by atoms with Gasteiger partial charge < -0.3 is 9.84 Å². The minimum Gasteiger partial charge on any atom is -0.490 e. The maximum absolute atomic E-state index is 14.3. The molecule has 2 aromatic rings. The van der Waals surface area contributed by atoms with Crippen molar-refractivity contribution in [3.8, 4) is 5.75 Å². The van der Waals surface area contributed by atoms with Gasteiger partial charge in [0.15, 0.2) is 0 Å². The zero-order valence-corrected chi connectivity index (χ0v) is 19.7. The second kappa shape index (κ2) is 10.5.